The molecular formula is C20H20N4O3. The van der Waals surface area contributed by atoms with Crippen LogP contribution in [-0.4, -0.2) is 44.9 Å². The van der Waals surface area contributed by atoms with Crippen molar-refractivity contribution in [2.24, 2.45) is 0 Å². The number of ether oxygens (including phenoxy) is 1. The van der Waals surface area contributed by atoms with Crippen LogP contribution in [0.5, 0.6) is 0 Å². The number of fused-ring (bicyclic) bond motifs is 2. The third-order valence-corrected chi connectivity index (χ3v) is 4.86. The Hall–Kier alpha value is -3.22. The molecule has 1 aromatic heterocycles. The fraction of sp³-hybridized carbons (Fsp3) is 0.300. The maximum Gasteiger partial charge on any atom is 0.338 e. The third-order valence-electron chi connectivity index (χ3n) is 4.86. The summed E-state index contributed by atoms with van der Waals surface area (Å²) in [6, 6.07) is 13.2. The van der Waals surface area contributed by atoms with Crippen molar-refractivity contribution in [1.29, 1.82) is 0 Å². The van der Waals surface area contributed by atoms with Crippen LogP contribution < -0.4 is 0 Å². The van der Waals surface area contributed by atoms with Gasteiger partial charge in [-0.2, -0.15) is 0 Å². The van der Waals surface area contributed by atoms with Gasteiger partial charge in [0.1, 0.15) is 5.52 Å². The van der Waals surface area contributed by atoms with E-state index in [1.807, 2.05) is 25.1 Å². The smallest absolute Gasteiger partial charge is 0.338 e. The lowest BCUT2D eigenvalue weighted by Gasteiger charge is -2.28. The number of carbonyl (C=O) groups is 2. The van der Waals surface area contributed by atoms with E-state index < -0.39 is 5.97 Å². The summed E-state index contributed by atoms with van der Waals surface area (Å²) in [5.41, 5.74) is 4.27. The number of benzene rings is 2. The molecule has 0 bridgehead atoms. The number of aryl methyl sites for hydroxylation is 1. The van der Waals surface area contributed by atoms with Gasteiger partial charge in [-0.1, -0.05) is 29.5 Å². The summed E-state index contributed by atoms with van der Waals surface area (Å²) in [5.74, 6) is -0.718. The van der Waals surface area contributed by atoms with Gasteiger partial charge in [-0.05, 0) is 42.7 Å². The maximum atomic E-state index is 12.4. The predicted octanol–water partition coefficient (Wildman–Crippen LogP) is 2.19. The summed E-state index contributed by atoms with van der Waals surface area (Å²) in [6.45, 7) is 3.60. The summed E-state index contributed by atoms with van der Waals surface area (Å²) < 4.78 is 6.98. The molecule has 0 N–H and O–H groups in total. The number of hydrogen-bond donors (Lipinski definition) is 0. The van der Waals surface area contributed by atoms with E-state index in [9.17, 15) is 9.59 Å². The first-order valence-electron chi connectivity index (χ1n) is 9.00. The highest BCUT2D eigenvalue weighted by Crippen LogP contribution is 2.19. The van der Waals surface area contributed by atoms with Crippen LogP contribution in [0.1, 0.15) is 28.4 Å². The molecule has 0 saturated heterocycles. The van der Waals surface area contributed by atoms with Gasteiger partial charge in [0, 0.05) is 19.6 Å². The molecule has 0 radical (unpaired) electrons. The summed E-state index contributed by atoms with van der Waals surface area (Å²) in [5, 5.41) is 8.07. The molecule has 0 saturated carbocycles. The van der Waals surface area contributed by atoms with Crippen molar-refractivity contribution in [2.45, 2.75) is 26.4 Å². The second-order valence-electron chi connectivity index (χ2n) is 6.52. The Bertz CT molecular complexity index is 1010. The lowest BCUT2D eigenvalue weighted by Crippen LogP contribution is -2.38. The first-order chi connectivity index (χ1) is 13.2. The van der Waals surface area contributed by atoms with Crippen LogP contribution in [0.4, 0.5) is 0 Å². The molecule has 0 atom stereocenters. The molecule has 4 rings (SSSR count). The van der Waals surface area contributed by atoms with Crippen LogP contribution in [0.15, 0.2) is 42.5 Å². The minimum absolute atomic E-state index is 0.184. The van der Waals surface area contributed by atoms with E-state index >= 15 is 0 Å². The highest BCUT2D eigenvalue weighted by molar-refractivity contribution is 5.94. The quantitative estimate of drug-likeness (QED) is 0.663. The van der Waals surface area contributed by atoms with Gasteiger partial charge in [-0.3, -0.25) is 4.79 Å². The van der Waals surface area contributed by atoms with Crippen molar-refractivity contribution < 1.29 is 14.3 Å². The Labute approximate surface area is 156 Å². The summed E-state index contributed by atoms with van der Waals surface area (Å²) >= 11 is 0. The molecule has 0 unspecified atom stereocenters. The van der Waals surface area contributed by atoms with E-state index in [1.165, 1.54) is 5.56 Å². The second-order valence-corrected chi connectivity index (χ2v) is 6.52. The average molecular weight is 364 g/mol. The van der Waals surface area contributed by atoms with Gasteiger partial charge in [0.2, 0.25) is 0 Å². The Morgan fingerprint density at radius 2 is 1.96 bits per heavy atom. The highest BCUT2D eigenvalue weighted by atomic mass is 16.5. The predicted molar refractivity (Wildman–Crippen MR) is 99.0 cm³/mol. The first-order valence-corrected chi connectivity index (χ1v) is 9.00. The van der Waals surface area contributed by atoms with Crippen LogP contribution in [-0.2, 0) is 29.0 Å². The van der Waals surface area contributed by atoms with Crippen LogP contribution in [0.2, 0.25) is 0 Å². The van der Waals surface area contributed by atoms with Crippen molar-refractivity contribution in [3.8, 4) is 0 Å². The van der Waals surface area contributed by atoms with E-state index in [0.717, 1.165) is 17.5 Å². The van der Waals surface area contributed by atoms with Crippen molar-refractivity contribution >= 4 is 22.9 Å². The van der Waals surface area contributed by atoms with Crippen LogP contribution in [0.3, 0.4) is 0 Å². The number of nitrogens with zero attached hydrogens (tertiary/aromatic N) is 4. The first kappa shape index (κ1) is 17.2. The fourth-order valence-electron chi connectivity index (χ4n) is 3.34. The Morgan fingerprint density at radius 3 is 2.78 bits per heavy atom. The molecule has 27 heavy (non-hydrogen) atoms. The fourth-order valence-corrected chi connectivity index (χ4v) is 3.34. The van der Waals surface area contributed by atoms with Gasteiger partial charge in [0.15, 0.2) is 6.61 Å². The van der Waals surface area contributed by atoms with Crippen molar-refractivity contribution in [3.63, 3.8) is 0 Å². The molecule has 3 aromatic rings. The molecule has 7 nitrogen and oxygen atoms in total. The van der Waals surface area contributed by atoms with Gasteiger partial charge in [-0.25, -0.2) is 9.48 Å². The highest BCUT2D eigenvalue weighted by Gasteiger charge is 2.21. The van der Waals surface area contributed by atoms with Crippen LogP contribution >= 0.6 is 0 Å². The number of aromatic nitrogens is 3. The summed E-state index contributed by atoms with van der Waals surface area (Å²) in [7, 11) is 0. The lowest BCUT2D eigenvalue weighted by atomic mass is 10.00. The third kappa shape index (κ3) is 3.40. The van der Waals surface area contributed by atoms with Gasteiger partial charge in [0.25, 0.3) is 5.91 Å². The van der Waals surface area contributed by atoms with E-state index in [1.54, 1.807) is 27.8 Å². The van der Waals surface area contributed by atoms with Gasteiger partial charge >= 0.3 is 5.97 Å². The zero-order valence-electron chi connectivity index (χ0n) is 15.1. The van der Waals surface area contributed by atoms with E-state index in [2.05, 4.69) is 16.4 Å². The van der Waals surface area contributed by atoms with Crippen molar-refractivity contribution in [2.75, 3.05) is 13.2 Å². The monoisotopic (exact) mass is 364 g/mol. The molecule has 0 spiro atoms. The summed E-state index contributed by atoms with van der Waals surface area (Å²) in [6.07, 6.45) is 0.819. The molecule has 7 heteroatoms. The number of carbonyl (C=O) groups excluding carboxylic acids is 2. The van der Waals surface area contributed by atoms with Gasteiger partial charge < -0.3 is 9.64 Å². The molecule has 0 fully saturated rings. The van der Waals surface area contributed by atoms with E-state index in [0.29, 0.717) is 30.7 Å². The minimum Gasteiger partial charge on any atom is -0.452 e. The second kappa shape index (κ2) is 7.19. The maximum absolute atomic E-state index is 12.4. The molecule has 138 valence electrons. The molecule has 1 aliphatic heterocycles. The van der Waals surface area contributed by atoms with Crippen molar-refractivity contribution in [1.82, 2.24) is 19.9 Å². The lowest BCUT2D eigenvalue weighted by molar-refractivity contribution is -0.135. The topological polar surface area (TPSA) is 77.3 Å². The van der Waals surface area contributed by atoms with Crippen molar-refractivity contribution in [3.05, 3.63) is 59.2 Å². The minimum atomic E-state index is -0.534. The number of amides is 1. The Morgan fingerprint density at radius 1 is 1.15 bits per heavy atom. The molecule has 2 aromatic carbocycles. The van der Waals surface area contributed by atoms with Crippen LogP contribution in [0, 0.1) is 0 Å². The zero-order valence-corrected chi connectivity index (χ0v) is 15.1. The standard InChI is InChI=1S/C20H20N4O3/c1-2-24-18-8-7-15(11-17(18)21-22-24)20(26)27-13-19(25)23-10-9-14-5-3-4-6-16(14)12-23/h3-8,11H,2,9-10,12-13H2,1H3. The molecule has 1 aliphatic rings. The number of rotatable bonds is 4. The molecule has 0 aliphatic carbocycles. The molecule has 2 heterocycles. The van der Waals surface area contributed by atoms with E-state index in [-0.39, 0.29) is 12.5 Å². The Kier molecular flexibility index (Phi) is 4.58. The SMILES string of the molecule is CCn1nnc2cc(C(=O)OCC(=O)N3CCc4ccccc4C3)ccc21. The average Bonchev–Trinajstić information content (AvgIpc) is 3.13. The zero-order chi connectivity index (χ0) is 18.8. The van der Waals surface area contributed by atoms with Crippen LogP contribution in [0.25, 0.3) is 11.0 Å². The molecule has 1 amide bonds. The number of esters is 1. The van der Waals surface area contributed by atoms with E-state index in [4.69, 9.17) is 4.74 Å². The normalized spacial score (nSPS) is 13.4. The Balaban J connectivity index is 1.38. The summed E-state index contributed by atoms with van der Waals surface area (Å²) in [4.78, 5) is 26.5. The molecular weight excluding hydrogens is 344 g/mol. The van der Waals surface area contributed by atoms with Gasteiger partial charge in [0.05, 0.1) is 11.1 Å². The number of hydrogen-bond acceptors (Lipinski definition) is 5. The largest absolute Gasteiger partial charge is 0.452 e. The van der Waals surface area contributed by atoms with Gasteiger partial charge in [-0.15, -0.1) is 5.10 Å².